The van der Waals surface area contributed by atoms with Gasteiger partial charge in [0.2, 0.25) is 5.82 Å². The number of ether oxygens (including phenoxy) is 3. The van der Waals surface area contributed by atoms with E-state index in [1.807, 2.05) is 0 Å². The summed E-state index contributed by atoms with van der Waals surface area (Å²) >= 11 is 0. The van der Waals surface area contributed by atoms with Crippen LogP contribution >= 0.6 is 0 Å². The van der Waals surface area contributed by atoms with Gasteiger partial charge in [0.1, 0.15) is 11.5 Å². The Balaban J connectivity index is 1.59. The molecule has 0 N–H and O–H groups in total. The van der Waals surface area contributed by atoms with E-state index in [2.05, 4.69) is 6.42 Å². The van der Waals surface area contributed by atoms with Gasteiger partial charge in [-0.1, -0.05) is 0 Å². The fraction of sp³-hybridized carbons (Fsp3) is 0.364. The number of carbonyl (C=O) groups excluding carboxylic acids is 1. The van der Waals surface area contributed by atoms with E-state index in [9.17, 15) is 13.6 Å². The van der Waals surface area contributed by atoms with E-state index >= 15 is 0 Å². The first-order valence-electron chi connectivity index (χ1n) is 9.46. The number of halogens is 2. The van der Waals surface area contributed by atoms with Gasteiger partial charge in [-0.05, 0) is 81.3 Å². The Kier molecular flexibility index (Phi) is 6.85. The van der Waals surface area contributed by atoms with Gasteiger partial charge in [0.05, 0.1) is 18.8 Å². The maximum Gasteiger partial charge on any atom is 0.346 e. The SMILES string of the molecule is CCOc1ccc(C(=O)Oc2ccc(OCC3CC[CH]CC3)cc2)c(F)c1F. The van der Waals surface area contributed by atoms with E-state index < -0.39 is 23.2 Å². The van der Waals surface area contributed by atoms with Crippen LogP contribution in [0.25, 0.3) is 0 Å². The van der Waals surface area contributed by atoms with Gasteiger partial charge in [0.15, 0.2) is 11.6 Å². The second-order valence-electron chi connectivity index (χ2n) is 6.65. The fourth-order valence-electron chi connectivity index (χ4n) is 3.10. The number of hydrogen-bond donors (Lipinski definition) is 0. The Morgan fingerprint density at radius 3 is 2.32 bits per heavy atom. The predicted octanol–water partition coefficient (Wildman–Crippen LogP) is 5.36. The van der Waals surface area contributed by atoms with Crippen molar-refractivity contribution in [1.82, 2.24) is 0 Å². The minimum absolute atomic E-state index is 0.188. The molecule has 1 aliphatic rings. The maximum atomic E-state index is 14.1. The molecule has 0 heterocycles. The van der Waals surface area contributed by atoms with E-state index in [0.717, 1.165) is 31.7 Å². The first-order valence-corrected chi connectivity index (χ1v) is 9.46. The zero-order valence-corrected chi connectivity index (χ0v) is 15.8. The van der Waals surface area contributed by atoms with E-state index in [1.165, 1.54) is 6.07 Å². The number of rotatable bonds is 7. The van der Waals surface area contributed by atoms with Gasteiger partial charge in [0, 0.05) is 0 Å². The molecule has 0 bridgehead atoms. The molecule has 1 saturated carbocycles. The van der Waals surface area contributed by atoms with Gasteiger partial charge in [-0.15, -0.1) is 0 Å². The van der Waals surface area contributed by atoms with Gasteiger partial charge in [-0.25, -0.2) is 9.18 Å². The van der Waals surface area contributed by atoms with Crippen LogP contribution in [-0.2, 0) is 0 Å². The Morgan fingerprint density at radius 1 is 0.964 bits per heavy atom. The second kappa shape index (κ2) is 9.53. The molecule has 6 heteroatoms. The highest BCUT2D eigenvalue weighted by atomic mass is 19.2. The molecule has 0 aliphatic heterocycles. The van der Waals surface area contributed by atoms with Crippen LogP contribution in [0.3, 0.4) is 0 Å². The smallest absolute Gasteiger partial charge is 0.346 e. The van der Waals surface area contributed by atoms with Crippen molar-refractivity contribution < 1.29 is 27.8 Å². The first kappa shape index (κ1) is 20.1. The summed E-state index contributed by atoms with van der Waals surface area (Å²) in [6.07, 6.45) is 6.84. The lowest BCUT2D eigenvalue weighted by atomic mass is 9.90. The van der Waals surface area contributed by atoms with Crippen LogP contribution in [-0.4, -0.2) is 19.2 Å². The first-order chi connectivity index (χ1) is 13.6. The van der Waals surface area contributed by atoms with E-state index in [-0.39, 0.29) is 18.1 Å². The van der Waals surface area contributed by atoms with Crippen molar-refractivity contribution in [2.24, 2.45) is 5.92 Å². The van der Waals surface area contributed by atoms with Crippen LogP contribution in [0, 0.1) is 24.0 Å². The van der Waals surface area contributed by atoms with Crippen LogP contribution in [0.5, 0.6) is 17.2 Å². The monoisotopic (exact) mass is 389 g/mol. The molecule has 0 atom stereocenters. The van der Waals surface area contributed by atoms with Crippen LogP contribution in [0.15, 0.2) is 36.4 Å². The molecule has 0 aromatic heterocycles. The fourth-order valence-corrected chi connectivity index (χ4v) is 3.10. The second-order valence-corrected chi connectivity index (χ2v) is 6.65. The molecule has 28 heavy (non-hydrogen) atoms. The van der Waals surface area contributed by atoms with Crippen molar-refractivity contribution in [2.75, 3.05) is 13.2 Å². The summed E-state index contributed by atoms with van der Waals surface area (Å²) in [5.41, 5.74) is -0.490. The summed E-state index contributed by atoms with van der Waals surface area (Å²) in [5, 5.41) is 0. The minimum Gasteiger partial charge on any atom is -0.493 e. The average molecular weight is 389 g/mol. The van der Waals surface area contributed by atoms with Gasteiger partial charge in [-0.3, -0.25) is 0 Å². The summed E-state index contributed by atoms with van der Waals surface area (Å²) in [6.45, 7) is 2.50. The van der Waals surface area contributed by atoms with E-state index in [4.69, 9.17) is 14.2 Å². The standard InChI is InChI=1S/C22H23F2O4/c1-2-26-19-13-12-18(20(23)21(19)24)22(25)28-17-10-8-16(9-11-17)27-14-15-6-4-3-5-7-15/h3,8-13,15H,2,4-7,14H2,1H3. The number of benzene rings is 2. The molecule has 0 unspecified atom stereocenters. The average Bonchev–Trinajstić information content (AvgIpc) is 2.72. The molecule has 3 rings (SSSR count). The van der Waals surface area contributed by atoms with Crippen molar-refractivity contribution in [1.29, 1.82) is 0 Å². The van der Waals surface area contributed by atoms with Gasteiger partial charge >= 0.3 is 5.97 Å². The number of carbonyl (C=O) groups is 1. The molecular formula is C22H23F2O4. The molecule has 2 aromatic carbocycles. The Bertz CT molecular complexity index is 799. The third-order valence-electron chi connectivity index (χ3n) is 4.64. The molecule has 1 aliphatic carbocycles. The summed E-state index contributed by atoms with van der Waals surface area (Å²) in [7, 11) is 0. The van der Waals surface area contributed by atoms with Gasteiger partial charge in [-0.2, -0.15) is 4.39 Å². The van der Waals surface area contributed by atoms with Crippen LogP contribution < -0.4 is 14.2 Å². The lowest BCUT2D eigenvalue weighted by Crippen LogP contribution is -2.15. The number of esters is 1. The Hall–Kier alpha value is -2.63. The quantitative estimate of drug-likeness (QED) is 0.473. The molecule has 1 fully saturated rings. The summed E-state index contributed by atoms with van der Waals surface area (Å²) in [6, 6.07) is 8.85. The zero-order chi connectivity index (χ0) is 19.9. The molecular weight excluding hydrogens is 366 g/mol. The molecule has 149 valence electrons. The molecule has 2 aromatic rings. The molecule has 0 spiro atoms. The van der Waals surface area contributed by atoms with Crippen molar-refractivity contribution >= 4 is 5.97 Å². The Labute approximate surface area is 163 Å². The normalized spacial score (nSPS) is 14.5. The molecule has 4 nitrogen and oxygen atoms in total. The minimum atomic E-state index is -1.29. The zero-order valence-electron chi connectivity index (χ0n) is 15.8. The molecule has 0 amide bonds. The van der Waals surface area contributed by atoms with Crippen molar-refractivity contribution in [3.05, 3.63) is 60.0 Å². The van der Waals surface area contributed by atoms with E-state index in [1.54, 1.807) is 31.2 Å². The third-order valence-corrected chi connectivity index (χ3v) is 4.64. The highest BCUT2D eigenvalue weighted by molar-refractivity contribution is 5.91. The van der Waals surface area contributed by atoms with Crippen LogP contribution in [0.2, 0.25) is 0 Å². The number of hydrogen-bond acceptors (Lipinski definition) is 4. The van der Waals surface area contributed by atoms with E-state index in [0.29, 0.717) is 18.3 Å². The van der Waals surface area contributed by atoms with Crippen molar-refractivity contribution in [2.45, 2.75) is 32.6 Å². The summed E-state index contributed by atoms with van der Waals surface area (Å²) in [5.74, 6) is -2.27. The van der Waals surface area contributed by atoms with Crippen LogP contribution in [0.4, 0.5) is 8.78 Å². The summed E-state index contributed by atoms with van der Waals surface area (Å²) < 4.78 is 43.9. The Morgan fingerprint density at radius 2 is 1.64 bits per heavy atom. The largest absolute Gasteiger partial charge is 0.493 e. The lowest BCUT2D eigenvalue weighted by molar-refractivity contribution is 0.0728. The topological polar surface area (TPSA) is 44.8 Å². The third kappa shape index (κ3) is 5.00. The predicted molar refractivity (Wildman–Crippen MR) is 101 cm³/mol. The van der Waals surface area contributed by atoms with Gasteiger partial charge < -0.3 is 14.2 Å². The van der Waals surface area contributed by atoms with Crippen molar-refractivity contribution in [3.63, 3.8) is 0 Å². The summed E-state index contributed by atoms with van der Waals surface area (Å²) in [4.78, 5) is 12.2. The highest BCUT2D eigenvalue weighted by Gasteiger charge is 2.21. The highest BCUT2D eigenvalue weighted by Crippen LogP contribution is 2.26. The van der Waals surface area contributed by atoms with Gasteiger partial charge in [0.25, 0.3) is 0 Å². The molecule has 0 saturated heterocycles. The maximum absolute atomic E-state index is 14.1. The van der Waals surface area contributed by atoms with Crippen LogP contribution in [0.1, 0.15) is 43.0 Å². The molecule has 1 radical (unpaired) electrons. The van der Waals surface area contributed by atoms with Crippen molar-refractivity contribution in [3.8, 4) is 17.2 Å². The lowest BCUT2D eigenvalue weighted by Gasteiger charge is -2.21.